The number of nitrogens with zero attached hydrogens (tertiary/aromatic N) is 7. The average Bonchev–Trinajstić information content (AvgIpc) is 3.60. The number of rotatable bonds is 8. The molecule has 394 valence electrons. The van der Waals surface area contributed by atoms with E-state index in [1.165, 1.54) is 33.0 Å². The van der Waals surface area contributed by atoms with Gasteiger partial charge < -0.3 is 4.57 Å². The highest BCUT2D eigenvalue weighted by atomic mass is 15.2. The molecule has 5 aromatic heterocycles. The smallest absolute Gasteiger partial charge is 0.235 e. The van der Waals surface area contributed by atoms with Crippen LogP contribution in [0.5, 0.6) is 0 Å². The Kier molecular flexibility index (Phi) is 10.5. The lowest BCUT2D eigenvalue weighted by Crippen LogP contribution is -2.15. The van der Waals surface area contributed by atoms with E-state index in [1.54, 1.807) is 0 Å². The van der Waals surface area contributed by atoms with Crippen LogP contribution in [0.2, 0.25) is 0 Å². The molecule has 17 rings (SSSR count). The molecular weight excluding hydrogens is 1020 g/mol. The zero-order valence-electron chi connectivity index (χ0n) is 46.1. The van der Waals surface area contributed by atoms with Gasteiger partial charge in [0.2, 0.25) is 11.9 Å². The molecule has 1 aliphatic rings. The average molecular weight is 1070 g/mol. The second-order valence-corrected chi connectivity index (χ2v) is 22.6. The highest BCUT2D eigenvalue weighted by Gasteiger charge is 2.36. The van der Waals surface area contributed by atoms with Crippen molar-refractivity contribution in [2.45, 2.75) is 19.3 Å². The molecule has 0 unspecified atom stereocenters. The van der Waals surface area contributed by atoms with Crippen molar-refractivity contribution in [1.82, 2.24) is 33.6 Å². The molecule has 16 aromatic rings. The summed E-state index contributed by atoms with van der Waals surface area (Å²) in [5.41, 5.74) is 22.5. The highest BCUT2D eigenvalue weighted by Crippen LogP contribution is 2.51. The van der Waals surface area contributed by atoms with Gasteiger partial charge in [0.25, 0.3) is 0 Å². The van der Waals surface area contributed by atoms with Crippen LogP contribution in [0.15, 0.2) is 273 Å². The highest BCUT2D eigenvalue weighted by molar-refractivity contribution is 6.19. The SMILES string of the molecule is CC1(C)c2ccccc2-c2cc3c4ccccc4n(-c4nc(-c5ccccc5)cc(-c5ccc(-c6ccc7c8cc9c(cc8n(-c8ccccc8)c7c6)c6ccccc6n9-c6nc(-c7ccccc7)cc(-c7ccccc7)n6)cc5)n4)c3cc21. The molecule has 0 fully saturated rings. The van der Waals surface area contributed by atoms with Crippen LogP contribution in [0, 0.1) is 0 Å². The third-order valence-electron chi connectivity index (χ3n) is 17.5. The van der Waals surface area contributed by atoms with Gasteiger partial charge in [-0.1, -0.05) is 220 Å². The second kappa shape index (κ2) is 18.5. The molecule has 0 aliphatic heterocycles. The van der Waals surface area contributed by atoms with Crippen LogP contribution in [0.3, 0.4) is 0 Å². The van der Waals surface area contributed by atoms with Crippen molar-refractivity contribution in [3.05, 3.63) is 284 Å². The minimum Gasteiger partial charge on any atom is -0.309 e. The Morgan fingerprint density at radius 1 is 0.250 bits per heavy atom. The number of hydrogen-bond donors (Lipinski definition) is 0. The normalized spacial score (nSPS) is 12.7. The zero-order valence-corrected chi connectivity index (χ0v) is 46.1. The van der Waals surface area contributed by atoms with E-state index in [1.807, 2.05) is 12.1 Å². The Morgan fingerprint density at radius 2 is 0.643 bits per heavy atom. The number of hydrogen-bond acceptors (Lipinski definition) is 4. The van der Waals surface area contributed by atoms with Gasteiger partial charge >= 0.3 is 0 Å². The first-order valence-corrected chi connectivity index (χ1v) is 28.7. The van der Waals surface area contributed by atoms with Gasteiger partial charge in [-0.15, -0.1) is 0 Å². The molecule has 84 heavy (non-hydrogen) atoms. The predicted molar refractivity (Wildman–Crippen MR) is 345 cm³/mol. The molecule has 0 atom stereocenters. The fourth-order valence-corrected chi connectivity index (χ4v) is 13.4. The second-order valence-electron chi connectivity index (χ2n) is 22.6. The van der Waals surface area contributed by atoms with Crippen molar-refractivity contribution in [2.75, 3.05) is 0 Å². The molecule has 0 spiro atoms. The summed E-state index contributed by atoms with van der Waals surface area (Å²) < 4.78 is 6.95. The molecule has 11 aromatic carbocycles. The maximum absolute atomic E-state index is 5.49. The maximum atomic E-state index is 5.49. The Labute approximate surface area is 484 Å². The van der Waals surface area contributed by atoms with Crippen molar-refractivity contribution in [2.24, 2.45) is 0 Å². The third kappa shape index (κ3) is 7.38. The first-order valence-electron chi connectivity index (χ1n) is 28.7. The summed E-state index contributed by atoms with van der Waals surface area (Å²) in [6.45, 7) is 4.68. The molecule has 0 saturated heterocycles. The van der Waals surface area contributed by atoms with Crippen molar-refractivity contribution in [3.8, 4) is 84.9 Å². The van der Waals surface area contributed by atoms with Crippen LogP contribution < -0.4 is 0 Å². The first kappa shape index (κ1) is 47.8. The minimum atomic E-state index is -0.167. The van der Waals surface area contributed by atoms with E-state index >= 15 is 0 Å². The summed E-state index contributed by atoms with van der Waals surface area (Å²) in [5, 5.41) is 6.92. The van der Waals surface area contributed by atoms with Gasteiger partial charge in [0.1, 0.15) is 0 Å². The van der Waals surface area contributed by atoms with Crippen LogP contribution in [-0.2, 0) is 5.41 Å². The number of aromatic nitrogens is 7. The summed E-state index contributed by atoms with van der Waals surface area (Å²) in [4.78, 5) is 21.6. The topological polar surface area (TPSA) is 66.3 Å². The van der Waals surface area contributed by atoms with Gasteiger partial charge in [0.15, 0.2) is 0 Å². The van der Waals surface area contributed by atoms with Crippen LogP contribution in [0.25, 0.3) is 150 Å². The third-order valence-corrected chi connectivity index (χ3v) is 17.5. The largest absolute Gasteiger partial charge is 0.309 e. The predicted octanol–water partition coefficient (Wildman–Crippen LogP) is 19.2. The van der Waals surface area contributed by atoms with E-state index < -0.39 is 0 Å². The minimum absolute atomic E-state index is 0.167. The van der Waals surface area contributed by atoms with Crippen LogP contribution in [-0.4, -0.2) is 33.6 Å². The van der Waals surface area contributed by atoms with Gasteiger partial charge in [-0.3, -0.25) is 9.13 Å². The Morgan fingerprint density at radius 3 is 1.19 bits per heavy atom. The number of fused-ring (bicyclic) bond motifs is 12. The molecule has 1 aliphatic carbocycles. The molecule has 0 amide bonds. The van der Waals surface area contributed by atoms with E-state index in [2.05, 4.69) is 288 Å². The van der Waals surface area contributed by atoms with Crippen molar-refractivity contribution in [1.29, 1.82) is 0 Å². The molecular formula is C77H51N7. The van der Waals surface area contributed by atoms with Gasteiger partial charge in [0, 0.05) is 65.7 Å². The summed E-state index contributed by atoms with van der Waals surface area (Å²) in [6, 6.07) is 97.7. The van der Waals surface area contributed by atoms with E-state index in [4.69, 9.17) is 19.9 Å². The fourth-order valence-electron chi connectivity index (χ4n) is 13.4. The van der Waals surface area contributed by atoms with Gasteiger partial charge in [0.05, 0.1) is 55.9 Å². The number of para-hydroxylation sites is 3. The Balaban J connectivity index is 0.813. The fraction of sp³-hybridized carbons (Fsp3) is 0.0390. The van der Waals surface area contributed by atoms with E-state index in [9.17, 15) is 0 Å². The van der Waals surface area contributed by atoms with E-state index in [-0.39, 0.29) is 5.41 Å². The molecule has 0 N–H and O–H groups in total. The maximum Gasteiger partial charge on any atom is 0.235 e. The van der Waals surface area contributed by atoms with E-state index in [0.717, 1.165) is 116 Å². The van der Waals surface area contributed by atoms with Crippen molar-refractivity contribution < 1.29 is 0 Å². The van der Waals surface area contributed by atoms with Gasteiger partial charge in [-0.25, -0.2) is 19.9 Å². The Bertz CT molecular complexity index is 5250. The lowest BCUT2D eigenvalue weighted by molar-refractivity contribution is 0.661. The summed E-state index contributed by atoms with van der Waals surface area (Å²) in [5.74, 6) is 1.26. The molecule has 5 heterocycles. The summed E-state index contributed by atoms with van der Waals surface area (Å²) >= 11 is 0. The van der Waals surface area contributed by atoms with Crippen LogP contribution in [0.4, 0.5) is 0 Å². The molecule has 0 bridgehead atoms. The Hall–Kier alpha value is -11.0. The van der Waals surface area contributed by atoms with E-state index in [0.29, 0.717) is 11.9 Å². The molecule has 7 heteroatoms. The quantitative estimate of drug-likeness (QED) is 0.152. The molecule has 0 saturated carbocycles. The van der Waals surface area contributed by atoms with Crippen molar-refractivity contribution >= 4 is 65.4 Å². The van der Waals surface area contributed by atoms with Crippen LogP contribution >= 0.6 is 0 Å². The summed E-state index contributed by atoms with van der Waals surface area (Å²) in [6.07, 6.45) is 0. The lowest BCUT2D eigenvalue weighted by Gasteiger charge is -2.21. The van der Waals surface area contributed by atoms with Crippen molar-refractivity contribution in [3.63, 3.8) is 0 Å². The molecule has 0 radical (unpaired) electrons. The molecule has 7 nitrogen and oxygen atoms in total. The summed E-state index contributed by atoms with van der Waals surface area (Å²) in [7, 11) is 0. The monoisotopic (exact) mass is 1070 g/mol. The van der Waals surface area contributed by atoms with Gasteiger partial charge in [-0.2, -0.15) is 0 Å². The zero-order chi connectivity index (χ0) is 55.6. The lowest BCUT2D eigenvalue weighted by atomic mass is 9.82. The number of benzene rings is 11. The van der Waals surface area contributed by atoms with Gasteiger partial charge in [-0.05, 0) is 100 Å². The standard InChI is InChI=1S/C77H51N7/c1-77(2)63-32-18-15-29-55(63)59-42-60-56-30-16-19-33-69(56)84(74(60)45-64(59)77)76-80-67(51-25-11-5-12-26-51)47-68(81-76)52-37-35-48(36-38-52)53-39-40-58-62-44-73-61(43-72(62)82(71(58)41-53)54-27-13-6-14-28-54)57-31-17-20-34-70(57)83(73)75-78-65(49-21-7-3-8-22-49)46-66(79-75)50-23-9-4-10-24-50/h3-47H,1-2H3. The first-order chi connectivity index (χ1) is 41.4. The van der Waals surface area contributed by atoms with Crippen LogP contribution in [0.1, 0.15) is 25.0 Å².